The molecule has 6 nitrogen and oxygen atoms in total. The van der Waals surface area contributed by atoms with Crippen LogP contribution in [-0.2, 0) is 19.1 Å². The number of carboxylic acids is 1. The van der Waals surface area contributed by atoms with E-state index in [4.69, 9.17) is 5.11 Å². The summed E-state index contributed by atoms with van der Waals surface area (Å²) in [5.74, 6) is -3.67. The molecule has 1 atom stereocenters. The first-order valence-electron chi connectivity index (χ1n) is 4.90. The van der Waals surface area contributed by atoms with Crippen molar-refractivity contribution in [1.29, 1.82) is 0 Å². The lowest BCUT2D eigenvalue weighted by molar-refractivity contribution is -0.163. The third-order valence-corrected chi connectivity index (χ3v) is 1.90. The average molecular weight is 250 g/mol. The Morgan fingerprint density at radius 2 is 1.72 bits per heavy atom. The number of benzene rings is 1. The van der Waals surface area contributed by atoms with Crippen LogP contribution in [0.15, 0.2) is 42.5 Å². The molecule has 1 aromatic rings. The van der Waals surface area contributed by atoms with Crippen molar-refractivity contribution in [2.24, 2.45) is 0 Å². The summed E-state index contributed by atoms with van der Waals surface area (Å²) in [5.41, 5.74) is 0.275. The molecule has 0 spiro atoms. The second-order valence-corrected chi connectivity index (χ2v) is 3.22. The number of hydrogen-bond donors (Lipinski definition) is 2. The Labute approximate surface area is 102 Å². The van der Waals surface area contributed by atoms with Gasteiger partial charge in [0.2, 0.25) is 0 Å². The largest absolute Gasteiger partial charge is 0.478 e. The Bertz CT molecular complexity index is 477. The van der Waals surface area contributed by atoms with Crippen LogP contribution in [0.4, 0.5) is 0 Å². The van der Waals surface area contributed by atoms with Gasteiger partial charge in [-0.15, -0.1) is 0 Å². The Hall–Kier alpha value is -2.47. The van der Waals surface area contributed by atoms with Gasteiger partial charge in [-0.3, -0.25) is 0 Å². The highest BCUT2D eigenvalue weighted by Crippen LogP contribution is 2.13. The van der Waals surface area contributed by atoms with Gasteiger partial charge in [-0.25, -0.2) is 14.4 Å². The molecule has 0 amide bonds. The third kappa shape index (κ3) is 4.18. The lowest BCUT2D eigenvalue weighted by Crippen LogP contribution is -2.18. The van der Waals surface area contributed by atoms with E-state index in [-0.39, 0.29) is 5.56 Å². The molecule has 0 unspecified atom stereocenters. The van der Waals surface area contributed by atoms with Crippen LogP contribution < -0.4 is 0 Å². The van der Waals surface area contributed by atoms with Crippen molar-refractivity contribution >= 4 is 17.9 Å². The van der Waals surface area contributed by atoms with Crippen LogP contribution >= 0.6 is 0 Å². The van der Waals surface area contributed by atoms with Crippen LogP contribution in [0.2, 0.25) is 0 Å². The van der Waals surface area contributed by atoms with E-state index in [9.17, 15) is 19.5 Å². The molecule has 0 aromatic heterocycles. The Morgan fingerprint density at radius 1 is 1.11 bits per heavy atom. The van der Waals surface area contributed by atoms with E-state index in [1.54, 1.807) is 18.2 Å². The highest BCUT2D eigenvalue weighted by atomic mass is 16.6. The predicted molar refractivity (Wildman–Crippen MR) is 59.3 cm³/mol. The van der Waals surface area contributed by atoms with Crippen molar-refractivity contribution < 1.29 is 29.3 Å². The van der Waals surface area contributed by atoms with Crippen LogP contribution in [0.5, 0.6) is 0 Å². The first-order valence-corrected chi connectivity index (χ1v) is 4.90. The van der Waals surface area contributed by atoms with Gasteiger partial charge in [0.25, 0.3) is 0 Å². The summed E-state index contributed by atoms with van der Waals surface area (Å²) < 4.78 is 4.24. The van der Waals surface area contributed by atoms with E-state index < -0.39 is 24.0 Å². The maximum Gasteiger partial charge on any atom is 0.347 e. The molecule has 0 aliphatic heterocycles. The van der Waals surface area contributed by atoms with Gasteiger partial charge in [0.1, 0.15) is 0 Å². The average Bonchev–Trinajstić information content (AvgIpc) is 2.36. The van der Waals surface area contributed by atoms with Gasteiger partial charge in [-0.2, -0.15) is 0 Å². The van der Waals surface area contributed by atoms with Crippen LogP contribution in [-0.4, -0.2) is 28.1 Å². The minimum Gasteiger partial charge on any atom is -0.478 e. The minimum atomic E-state index is -1.59. The SMILES string of the molecule is O=C(O)/C=C/C(=O)OC(=O)[C@H](O)c1ccccc1. The Kier molecular flexibility index (Phi) is 4.77. The molecule has 0 aliphatic carbocycles. The van der Waals surface area contributed by atoms with Crippen LogP contribution in [0.3, 0.4) is 0 Å². The minimum absolute atomic E-state index is 0.275. The molecule has 0 heterocycles. The van der Waals surface area contributed by atoms with Gasteiger partial charge in [0.15, 0.2) is 6.10 Å². The molecule has 18 heavy (non-hydrogen) atoms. The standard InChI is InChI=1S/C12H10O6/c13-9(14)6-7-10(15)18-12(17)11(16)8-4-2-1-3-5-8/h1-7,11,16H,(H,13,14)/b7-6+/t11-/m1/s1. The van der Waals surface area contributed by atoms with Crippen LogP contribution in [0, 0.1) is 0 Å². The number of carbonyl (C=O) groups is 3. The molecule has 0 bridgehead atoms. The number of hydrogen-bond acceptors (Lipinski definition) is 5. The quantitative estimate of drug-likeness (QED) is 0.456. The smallest absolute Gasteiger partial charge is 0.347 e. The van der Waals surface area contributed by atoms with Gasteiger partial charge < -0.3 is 14.9 Å². The summed E-state index contributed by atoms with van der Waals surface area (Å²) in [4.78, 5) is 32.4. The van der Waals surface area contributed by atoms with Crippen molar-refractivity contribution in [2.45, 2.75) is 6.10 Å². The molecule has 0 saturated heterocycles. The number of ether oxygens (including phenoxy) is 1. The van der Waals surface area contributed by atoms with E-state index in [0.717, 1.165) is 0 Å². The molecule has 0 radical (unpaired) electrons. The zero-order valence-electron chi connectivity index (χ0n) is 9.15. The third-order valence-electron chi connectivity index (χ3n) is 1.90. The van der Waals surface area contributed by atoms with Crippen molar-refractivity contribution in [2.75, 3.05) is 0 Å². The molecular formula is C12H10O6. The summed E-state index contributed by atoms with van der Waals surface area (Å²) >= 11 is 0. The molecule has 6 heteroatoms. The Balaban J connectivity index is 2.61. The van der Waals surface area contributed by atoms with Gasteiger partial charge in [-0.1, -0.05) is 30.3 Å². The summed E-state index contributed by atoms with van der Waals surface area (Å²) in [6, 6.07) is 7.89. The number of rotatable bonds is 4. The maximum atomic E-state index is 11.3. The Morgan fingerprint density at radius 3 is 2.28 bits per heavy atom. The fraction of sp³-hybridized carbons (Fsp3) is 0.0833. The van der Waals surface area contributed by atoms with Gasteiger partial charge >= 0.3 is 17.9 Å². The zero-order valence-corrected chi connectivity index (χ0v) is 9.15. The molecule has 2 N–H and O–H groups in total. The van der Waals surface area contributed by atoms with Gasteiger partial charge in [-0.05, 0) is 5.56 Å². The lowest BCUT2D eigenvalue weighted by Gasteiger charge is -2.08. The fourth-order valence-corrected chi connectivity index (χ4v) is 1.10. The van der Waals surface area contributed by atoms with Gasteiger partial charge in [0, 0.05) is 12.2 Å². The topological polar surface area (TPSA) is 101 Å². The number of esters is 2. The van der Waals surface area contributed by atoms with E-state index >= 15 is 0 Å². The second kappa shape index (κ2) is 6.31. The lowest BCUT2D eigenvalue weighted by atomic mass is 10.1. The first-order chi connectivity index (χ1) is 8.50. The number of aliphatic carboxylic acids is 1. The monoisotopic (exact) mass is 250 g/mol. The summed E-state index contributed by atoms with van der Waals surface area (Å²) in [7, 11) is 0. The van der Waals surface area contributed by atoms with Gasteiger partial charge in [0.05, 0.1) is 0 Å². The molecule has 1 aromatic carbocycles. The van der Waals surface area contributed by atoms with E-state index in [1.165, 1.54) is 12.1 Å². The van der Waals surface area contributed by atoms with Crippen LogP contribution in [0.25, 0.3) is 0 Å². The summed E-state index contributed by atoms with van der Waals surface area (Å²) in [6.07, 6.45) is -0.476. The number of carboxylic acid groups (broad SMARTS) is 1. The molecule has 0 saturated carbocycles. The van der Waals surface area contributed by atoms with E-state index in [0.29, 0.717) is 12.2 Å². The molecule has 0 fully saturated rings. The normalized spacial score (nSPS) is 12.1. The summed E-state index contributed by atoms with van der Waals surface area (Å²) in [6.45, 7) is 0. The second-order valence-electron chi connectivity index (χ2n) is 3.22. The predicted octanol–water partition coefficient (Wildman–Crippen LogP) is 0.431. The van der Waals surface area contributed by atoms with Crippen molar-refractivity contribution in [1.82, 2.24) is 0 Å². The number of aliphatic hydroxyl groups excluding tert-OH is 1. The zero-order chi connectivity index (χ0) is 13.5. The van der Waals surface area contributed by atoms with E-state index in [1.807, 2.05) is 0 Å². The number of aliphatic hydroxyl groups is 1. The first kappa shape index (κ1) is 13.6. The maximum absolute atomic E-state index is 11.3. The molecule has 94 valence electrons. The van der Waals surface area contributed by atoms with Crippen molar-refractivity contribution in [3.05, 3.63) is 48.0 Å². The van der Waals surface area contributed by atoms with Crippen LogP contribution in [0.1, 0.15) is 11.7 Å². The fourth-order valence-electron chi connectivity index (χ4n) is 1.10. The van der Waals surface area contributed by atoms with E-state index in [2.05, 4.69) is 4.74 Å². The van der Waals surface area contributed by atoms with Crippen molar-refractivity contribution in [3.63, 3.8) is 0 Å². The summed E-state index contributed by atoms with van der Waals surface area (Å²) in [5, 5.41) is 17.8. The molecular weight excluding hydrogens is 240 g/mol. The van der Waals surface area contributed by atoms with Crippen molar-refractivity contribution in [3.8, 4) is 0 Å². The molecule has 0 aliphatic rings. The highest BCUT2D eigenvalue weighted by Gasteiger charge is 2.20. The number of carbonyl (C=O) groups excluding carboxylic acids is 2. The highest BCUT2D eigenvalue weighted by molar-refractivity contribution is 5.97. The molecule has 1 rings (SSSR count).